The third-order valence-electron chi connectivity index (χ3n) is 4.97. The fourth-order valence-corrected chi connectivity index (χ4v) is 3.33. The number of aryl methyl sites for hydroxylation is 1. The molecule has 2 fully saturated rings. The lowest BCUT2D eigenvalue weighted by Crippen LogP contribution is -2.48. The summed E-state index contributed by atoms with van der Waals surface area (Å²) in [5, 5.41) is 7.93. The number of rotatable bonds is 5. The van der Waals surface area contributed by atoms with E-state index in [9.17, 15) is 4.79 Å². The van der Waals surface area contributed by atoms with Crippen LogP contribution in [0.15, 0.2) is 15.1 Å². The Balaban J connectivity index is 1.37. The number of aromatic nitrogens is 3. The fraction of sp³-hybridized carbons (Fsp3) is 0.647. The Morgan fingerprint density at radius 1 is 1.32 bits per heavy atom. The molecule has 25 heavy (non-hydrogen) atoms. The van der Waals surface area contributed by atoms with Crippen LogP contribution in [0.5, 0.6) is 0 Å². The van der Waals surface area contributed by atoms with Gasteiger partial charge in [-0.2, -0.15) is 4.98 Å². The average molecular weight is 345 g/mol. The maximum Gasteiger partial charge on any atom is 0.276 e. The molecule has 2 aliphatic rings. The molecule has 0 bridgehead atoms. The first-order valence-corrected chi connectivity index (χ1v) is 8.85. The Morgan fingerprint density at radius 2 is 2.16 bits per heavy atom. The van der Waals surface area contributed by atoms with Gasteiger partial charge < -0.3 is 13.9 Å². The number of hydrogen-bond acceptors (Lipinski definition) is 7. The van der Waals surface area contributed by atoms with Crippen molar-refractivity contribution in [1.82, 2.24) is 25.1 Å². The van der Waals surface area contributed by atoms with Gasteiger partial charge in [-0.15, -0.1) is 0 Å². The molecule has 0 spiro atoms. The lowest BCUT2D eigenvalue weighted by molar-refractivity contribution is 0.0595. The molecule has 1 saturated carbocycles. The normalized spacial score (nSPS) is 21.4. The minimum Gasteiger partial charge on any atom is -0.361 e. The van der Waals surface area contributed by atoms with Crippen LogP contribution in [-0.2, 0) is 6.54 Å². The maximum atomic E-state index is 12.6. The van der Waals surface area contributed by atoms with E-state index in [0.717, 1.165) is 50.5 Å². The molecule has 1 saturated heterocycles. The Hall–Kier alpha value is -2.22. The molecule has 134 valence electrons. The van der Waals surface area contributed by atoms with Gasteiger partial charge in [-0.05, 0) is 39.2 Å². The average Bonchev–Trinajstić information content (AvgIpc) is 3.22. The van der Waals surface area contributed by atoms with Gasteiger partial charge in [0.05, 0.1) is 6.54 Å². The van der Waals surface area contributed by atoms with Crippen molar-refractivity contribution in [2.45, 2.75) is 51.1 Å². The van der Waals surface area contributed by atoms with E-state index in [1.807, 2.05) is 7.05 Å². The zero-order valence-corrected chi connectivity index (χ0v) is 14.6. The molecule has 1 unspecified atom stereocenters. The largest absolute Gasteiger partial charge is 0.361 e. The van der Waals surface area contributed by atoms with Crippen molar-refractivity contribution < 1.29 is 13.8 Å². The highest BCUT2D eigenvalue weighted by atomic mass is 16.5. The quantitative estimate of drug-likeness (QED) is 0.818. The Bertz CT molecular complexity index is 751. The van der Waals surface area contributed by atoms with E-state index in [1.54, 1.807) is 17.9 Å². The van der Waals surface area contributed by atoms with Crippen LogP contribution < -0.4 is 0 Å². The lowest BCUT2D eigenvalue weighted by atomic mass is 10.0. The molecular weight excluding hydrogens is 322 g/mol. The zero-order valence-electron chi connectivity index (χ0n) is 14.6. The van der Waals surface area contributed by atoms with Crippen LogP contribution in [0.3, 0.4) is 0 Å². The summed E-state index contributed by atoms with van der Waals surface area (Å²) >= 11 is 0. The summed E-state index contributed by atoms with van der Waals surface area (Å²) in [5.41, 5.74) is 0.365. The molecule has 4 rings (SSSR count). The molecule has 2 aromatic rings. The van der Waals surface area contributed by atoms with E-state index in [-0.39, 0.29) is 11.9 Å². The van der Waals surface area contributed by atoms with E-state index in [1.165, 1.54) is 0 Å². The minimum absolute atomic E-state index is 0.0979. The van der Waals surface area contributed by atoms with Crippen LogP contribution in [-0.4, -0.2) is 57.2 Å². The number of piperidine rings is 1. The molecule has 1 atom stereocenters. The second kappa shape index (κ2) is 6.59. The summed E-state index contributed by atoms with van der Waals surface area (Å²) in [6.07, 6.45) is 4.33. The van der Waals surface area contributed by atoms with Crippen LogP contribution >= 0.6 is 0 Å². The SMILES string of the molecule is Cc1cc(C(=O)N(C)C2CCCN(Cc3noc(C4CC4)n3)C2)no1. The van der Waals surface area contributed by atoms with E-state index in [0.29, 0.717) is 23.9 Å². The third-order valence-corrected chi connectivity index (χ3v) is 4.97. The highest BCUT2D eigenvalue weighted by molar-refractivity contribution is 5.92. The second-order valence-corrected chi connectivity index (χ2v) is 7.09. The summed E-state index contributed by atoms with van der Waals surface area (Å²) in [7, 11) is 1.83. The van der Waals surface area contributed by atoms with Gasteiger partial charge >= 0.3 is 0 Å². The summed E-state index contributed by atoms with van der Waals surface area (Å²) in [6.45, 7) is 4.23. The number of carbonyl (C=O) groups is 1. The predicted molar refractivity (Wildman–Crippen MR) is 87.9 cm³/mol. The molecule has 1 amide bonds. The third kappa shape index (κ3) is 3.58. The van der Waals surface area contributed by atoms with Crippen LogP contribution in [0.2, 0.25) is 0 Å². The number of likely N-dealkylation sites (N-methyl/N-ethyl adjacent to an activating group) is 1. The van der Waals surface area contributed by atoms with Crippen molar-refractivity contribution in [2.24, 2.45) is 0 Å². The molecule has 8 heteroatoms. The summed E-state index contributed by atoms with van der Waals surface area (Å²) < 4.78 is 10.3. The lowest BCUT2D eigenvalue weighted by Gasteiger charge is -2.36. The summed E-state index contributed by atoms with van der Waals surface area (Å²) in [4.78, 5) is 21.1. The number of hydrogen-bond donors (Lipinski definition) is 0. The first kappa shape index (κ1) is 16.3. The molecule has 8 nitrogen and oxygen atoms in total. The highest BCUT2D eigenvalue weighted by Crippen LogP contribution is 2.38. The van der Waals surface area contributed by atoms with E-state index >= 15 is 0 Å². The van der Waals surface area contributed by atoms with Crippen LogP contribution in [0.4, 0.5) is 0 Å². The topological polar surface area (TPSA) is 88.5 Å². The van der Waals surface area contributed by atoms with Crippen molar-refractivity contribution in [2.75, 3.05) is 20.1 Å². The van der Waals surface area contributed by atoms with Crippen molar-refractivity contribution in [1.29, 1.82) is 0 Å². The monoisotopic (exact) mass is 345 g/mol. The van der Waals surface area contributed by atoms with Crippen molar-refractivity contribution in [3.05, 3.63) is 29.2 Å². The number of likely N-dealkylation sites (tertiary alicyclic amines) is 1. The molecule has 0 N–H and O–H groups in total. The number of amides is 1. The fourth-order valence-electron chi connectivity index (χ4n) is 3.33. The first-order chi connectivity index (χ1) is 12.1. The molecule has 1 aliphatic heterocycles. The van der Waals surface area contributed by atoms with E-state index < -0.39 is 0 Å². The number of carbonyl (C=O) groups excluding carboxylic acids is 1. The Kier molecular flexibility index (Phi) is 4.29. The zero-order chi connectivity index (χ0) is 17.4. The predicted octanol–water partition coefficient (Wildman–Crippen LogP) is 1.98. The molecule has 0 aromatic carbocycles. The molecule has 2 aromatic heterocycles. The van der Waals surface area contributed by atoms with Crippen LogP contribution in [0, 0.1) is 6.92 Å². The second-order valence-electron chi connectivity index (χ2n) is 7.09. The van der Waals surface area contributed by atoms with Crippen molar-refractivity contribution in [3.8, 4) is 0 Å². The smallest absolute Gasteiger partial charge is 0.276 e. The molecule has 1 aliphatic carbocycles. The van der Waals surface area contributed by atoms with Gasteiger partial charge in [0.15, 0.2) is 11.5 Å². The van der Waals surface area contributed by atoms with Gasteiger partial charge in [0.25, 0.3) is 5.91 Å². The van der Waals surface area contributed by atoms with Crippen LogP contribution in [0.25, 0.3) is 0 Å². The summed E-state index contributed by atoms with van der Waals surface area (Å²) in [5.74, 6) is 2.54. The van der Waals surface area contributed by atoms with Crippen LogP contribution in [0.1, 0.15) is 59.6 Å². The van der Waals surface area contributed by atoms with Gasteiger partial charge in [-0.3, -0.25) is 9.69 Å². The summed E-state index contributed by atoms with van der Waals surface area (Å²) in [6, 6.07) is 1.83. The molecule has 0 radical (unpaired) electrons. The minimum atomic E-state index is -0.0979. The van der Waals surface area contributed by atoms with E-state index in [2.05, 4.69) is 20.2 Å². The highest BCUT2D eigenvalue weighted by Gasteiger charge is 2.31. The standard InChI is InChI=1S/C17H23N5O3/c1-11-8-14(19-24-11)17(23)21(2)13-4-3-7-22(9-13)10-15-18-16(25-20-15)12-5-6-12/h8,12-13H,3-7,9-10H2,1-2H3. The Labute approximate surface area is 146 Å². The van der Waals surface area contributed by atoms with Gasteiger partial charge in [0, 0.05) is 31.6 Å². The Morgan fingerprint density at radius 3 is 2.88 bits per heavy atom. The first-order valence-electron chi connectivity index (χ1n) is 8.85. The maximum absolute atomic E-state index is 12.6. The van der Waals surface area contributed by atoms with Gasteiger partial charge in [0.1, 0.15) is 5.76 Å². The van der Waals surface area contributed by atoms with Crippen molar-refractivity contribution in [3.63, 3.8) is 0 Å². The van der Waals surface area contributed by atoms with Gasteiger partial charge in [-0.1, -0.05) is 10.3 Å². The van der Waals surface area contributed by atoms with Crippen molar-refractivity contribution >= 4 is 5.91 Å². The number of nitrogens with zero attached hydrogens (tertiary/aromatic N) is 5. The van der Waals surface area contributed by atoms with Gasteiger partial charge in [-0.25, -0.2) is 0 Å². The van der Waals surface area contributed by atoms with E-state index in [4.69, 9.17) is 9.05 Å². The molecule has 3 heterocycles. The van der Waals surface area contributed by atoms with Gasteiger partial charge in [0.2, 0.25) is 5.89 Å². The molecular formula is C17H23N5O3.